The van der Waals surface area contributed by atoms with E-state index in [4.69, 9.17) is 5.11 Å². The van der Waals surface area contributed by atoms with Crippen LogP contribution in [0.5, 0.6) is 0 Å². The molecule has 1 aromatic carbocycles. The standard InChI is InChI=1S/C15H20FNO2S/c16-13-3-1-2-4-14(13)20-10-7-15(19)17-8-5-12(11-17)6-9-18/h1-4,12,18H,5-11H2. The number of carbonyl (C=O) groups excluding carboxylic acids is 1. The average Bonchev–Trinajstić information content (AvgIpc) is 2.90. The number of likely N-dealkylation sites (tertiary alicyclic amines) is 1. The summed E-state index contributed by atoms with van der Waals surface area (Å²) in [5, 5.41) is 8.90. The van der Waals surface area contributed by atoms with Gasteiger partial charge in [-0.15, -0.1) is 11.8 Å². The molecule has 0 bridgehead atoms. The number of rotatable bonds is 6. The maximum Gasteiger partial charge on any atom is 0.223 e. The van der Waals surface area contributed by atoms with Gasteiger partial charge in [0, 0.05) is 36.8 Å². The van der Waals surface area contributed by atoms with E-state index in [0.29, 0.717) is 23.0 Å². The minimum Gasteiger partial charge on any atom is -0.396 e. The molecule has 110 valence electrons. The van der Waals surface area contributed by atoms with Gasteiger partial charge in [0.15, 0.2) is 0 Å². The van der Waals surface area contributed by atoms with E-state index in [-0.39, 0.29) is 18.3 Å². The number of hydrogen-bond acceptors (Lipinski definition) is 3. The summed E-state index contributed by atoms with van der Waals surface area (Å²) >= 11 is 1.38. The van der Waals surface area contributed by atoms with Gasteiger partial charge in [-0.05, 0) is 30.9 Å². The molecule has 0 spiro atoms. The summed E-state index contributed by atoms with van der Waals surface area (Å²) < 4.78 is 13.4. The van der Waals surface area contributed by atoms with Gasteiger partial charge >= 0.3 is 0 Å². The van der Waals surface area contributed by atoms with Crippen LogP contribution in [0.4, 0.5) is 4.39 Å². The van der Waals surface area contributed by atoms with Crippen molar-refractivity contribution in [2.24, 2.45) is 5.92 Å². The Morgan fingerprint density at radius 3 is 3.00 bits per heavy atom. The van der Waals surface area contributed by atoms with Gasteiger partial charge in [0.05, 0.1) is 0 Å². The maximum absolute atomic E-state index is 13.4. The number of hydrogen-bond donors (Lipinski definition) is 1. The van der Waals surface area contributed by atoms with Crippen LogP contribution in [0, 0.1) is 11.7 Å². The predicted molar refractivity (Wildman–Crippen MR) is 78.1 cm³/mol. The normalized spacial score (nSPS) is 18.5. The molecule has 20 heavy (non-hydrogen) atoms. The SMILES string of the molecule is O=C(CCSc1ccccc1F)N1CCC(CCO)C1. The number of aliphatic hydroxyl groups excluding tert-OH is 1. The fraction of sp³-hybridized carbons (Fsp3) is 0.533. The van der Waals surface area contributed by atoms with E-state index in [1.807, 2.05) is 4.90 Å². The maximum atomic E-state index is 13.4. The fourth-order valence-corrected chi connectivity index (χ4v) is 3.32. The van der Waals surface area contributed by atoms with Crippen LogP contribution in [0.15, 0.2) is 29.2 Å². The lowest BCUT2D eigenvalue weighted by Gasteiger charge is -2.16. The van der Waals surface area contributed by atoms with E-state index in [2.05, 4.69) is 0 Å². The Balaban J connectivity index is 1.72. The molecule has 1 aliphatic rings. The molecule has 0 aromatic heterocycles. The van der Waals surface area contributed by atoms with Crippen molar-refractivity contribution in [3.8, 4) is 0 Å². The van der Waals surface area contributed by atoms with E-state index < -0.39 is 0 Å². The number of thioether (sulfide) groups is 1. The predicted octanol–water partition coefficient (Wildman–Crippen LogP) is 2.54. The molecule has 1 atom stereocenters. The van der Waals surface area contributed by atoms with Crippen LogP contribution in [0.2, 0.25) is 0 Å². The highest BCUT2D eigenvalue weighted by molar-refractivity contribution is 7.99. The van der Waals surface area contributed by atoms with Crippen LogP contribution in [-0.2, 0) is 4.79 Å². The topological polar surface area (TPSA) is 40.5 Å². The lowest BCUT2D eigenvalue weighted by Crippen LogP contribution is -2.29. The Morgan fingerprint density at radius 1 is 1.45 bits per heavy atom. The van der Waals surface area contributed by atoms with Crippen LogP contribution in [0.25, 0.3) is 0 Å². The zero-order valence-electron chi connectivity index (χ0n) is 11.4. The molecule has 1 N–H and O–H groups in total. The summed E-state index contributed by atoms with van der Waals surface area (Å²) in [6.07, 6.45) is 2.19. The summed E-state index contributed by atoms with van der Waals surface area (Å²) in [6, 6.07) is 6.63. The average molecular weight is 297 g/mol. The van der Waals surface area contributed by atoms with Crippen molar-refractivity contribution >= 4 is 17.7 Å². The third-order valence-corrected chi connectivity index (χ3v) is 4.64. The largest absolute Gasteiger partial charge is 0.396 e. The van der Waals surface area contributed by atoms with Gasteiger partial charge in [-0.25, -0.2) is 4.39 Å². The molecule has 1 unspecified atom stereocenters. The molecule has 1 aliphatic heterocycles. The summed E-state index contributed by atoms with van der Waals surface area (Å²) in [5.41, 5.74) is 0. The summed E-state index contributed by atoms with van der Waals surface area (Å²) in [4.78, 5) is 14.5. The molecule has 5 heteroatoms. The first-order chi connectivity index (χ1) is 9.70. The molecule has 2 rings (SSSR count). The molecule has 0 radical (unpaired) electrons. The highest BCUT2D eigenvalue weighted by Gasteiger charge is 2.25. The molecule has 1 saturated heterocycles. The van der Waals surface area contributed by atoms with E-state index >= 15 is 0 Å². The lowest BCUT2D eigenvalue weighted by molar-refractivity contribution is -0.129. The zero-order chi connectivity index (χ0) is 14.4. The molecule has 0 aliphatic carbocycles. The van der Waals surface area contributed by atoms with Gasteiger partial charge in [-0.1, -0.05) is 12.1 Å². The Bertz CT molecular complexity index is 455. The van der Waals surface area contributed by atoms with Gasteiger partial charge in [-0.2, -0.15) is 0 Å². The van der Waals surface area contributed by atoms with Crippen molar-refractivity contribution in [1.29, 1.82) is 0 Å². The minimum atomic E-state index is -0.228. The van der Waals surface area contributed by atoms with Crippen molar-refractivity contribution in [2.75, 3.05) is 25.4 Å². The molecular weight excluding hydrogens is 277 g/mol. The number of benzene rings is 1. The molecular formula is C15H20FNO2S. The molecule has 1 aromatic rings. The molecule has 3 nitrogen and oxygen atoms in total. The molecule has 0 saturated carbocycles. The van der Waals surface area contributed by atoms with Gasteiger partial charge in [0.25, 0.3) is 0 Å². The zero-order valence-corrected chi connectivity index (χ0v) is 12.2. The van der Waals surface area contributed by atoms with Crippen molar-refractivity contribution in [3.63, 3.8) is 0 Å². The van der Waals surface area contributed by atoms with Crippen molar-refractivity contribution in [2.45, 2.75) is 24.2 Å². The van der Waals surface area contributed by atoms with Gasteiger partial charge in [0.1, 0.15) is 5.82 Å². The fourth-order valence-electron chi connectivity index (χ4n) is 2.45. The van der Waals surface area contributed by atoms with Crippen LogP contribution in [-0.4, -0.2) is 41.4 Å². The molecule has 1 heterocycles. The number of carbonyl (C=O) groups is 1. The second kappa shape index (κ2) is 7.64. The van der Waals surface area contributed by atoms with Crippen LogP contribution in [0.1, 0.15) is 19.3 Å². The summed E-state index contributed by atoms with van der Waals surface area (Å²) in [5.74, 6) is 0.938. The quantitative estimate of drug-likeness (QED) is 0.820. The third-order valence-electron chi connectivity index (χ3n) is 3.59. The Hall–Kier alpha value is -1.07. The van der Waals surface area contributed by atoms with E-state index in [1.165, 1.54) is 17.8 Å². The van der Waals surface area contributed by atoms with Crippen LogP contribution >= 0.6 is 11.8 Å². The highest BCUT2D eigenvalue weighted by atomic mass is 32.2. The first kappa shape index (κ1) is 15.3. The van der Waals surface area contributed by atoms with Gasteiger partial charge < -0.3 is 10.0 Å². The number of aliphatic hydroxyl groups is 1. The Morgan fingerprint density at radius 2 is 2.25 bits per heavy atom. The van der Waals surface area contributed by atoms with E-state index in [9.17, 15) is 9.18 Å². The third kappa shape index (κ3) is 4.21. The van der Waals surface area contributed by atoms with Gasteiger partial charge in [-0.3, -0.25) is 4.79 Å². The van der Waals surface area contributed by atoms with Crippen molar-refractivity contribution in [1.82, 2.24) is 4.90 Å². The van der Waals surface area contributed by atoms with Crippen molar-refractivity contribution < 1.29 is 14.3 Å². The minimum absolute atomic E-state index is 0.134. The summed E-state index contributed by atoms with van der Waals surface area (Å²) in [7, 11) is 0. The first-order valence-electron chi connectivity index (χ1n) is 6.96. The lowest BCUT2D eigenvalue weighted by atomic mass is 10.1. The first-order valence-corrected chi connectivity index (χ1v) is 7.95. The number of nitrogens with zero attached hydrogens (tertiary/aromatic N) is 1. The second-order valence-electron chi connectivity index (χ2n) is 5.04. The van der Waals surface area contributed by atoms with E-state index in [1.54, 1.807) is 18.2 Å². The molecule has 1 fully saturated rings. The Labute approximate surface area is 123 Å². The highest BCUT2D eigenvalue weighted by Crippen LogP contribution is 2.24. The van der Waals surface area contributed by atoms with Crippen molar-refractivity contribution in [3.05, 3.63) is 30.1 Å². The molecule has 1 amide bonds. The van der Waals surface area contributed by atoms with Crippen LogP contribution in [0.3, 0.4) is 0 Å². The monoisotopic (exact) mass is 297 g/mol. The Kier molecular flexibility index (Phi) is 5.86. The summed E-state index contributed by atoms with van der Waals surface area (Å²) in [6.45, 7) is 1.73. The van der Waals surface area contributed by atoms with E-state index in [0.717, 1.165) is 25.9 Å². The van der Waals surface area contributed by atoms with Gasteiger partial charge in [0.2, 0.25) is 5.91 Å². The second-order valence-corrected chi connectivity index (χ2v) is 6.17. The number of amides is 1. The van der Waals surface area contributed by atoms with Crippen LogP contribution < -0.4 is 0 Å². The smallest absolute Gasteiger partial charge is 0.223 e. The number of halogens is 1.